The average molecular weight is 255 g/mol. The Morgan fingerprint density at radius 3 is 2.76 bits per heavy atom. The van der Waals surface area contributed by atoms with Crippen LogP contribution in [0.4, 0.5) is 0 Å². The van der Waals surface area contributed by atoms with Crippen LogP contribution in [0.1, 0.15) is 44.5 Å². The molecule has 0 radical (unpaired) electrons. The van der Waals surface area contributed by atoms with Crippen molar-refractivity contribution in [2.75, 3.05) is 20.3 Å². The van der Waals surface area contributed by atoms with E-state index in [0.29, 0.717) is 11.5 Å². The first kappa shape index (κ1) is 14.7. The van der Waals surface area contributed by atoms with Crippen LogP contribution >= 0.6 is 11.3 Å². The lowest BCUT2D eigenvalue weighted by molar-refractivity contribution is 0.149. The lowest BCUT2D eigenvalue weighted by atomic mass is 9.89. The number of ether oxygens (including phenoxy) is 1. The smallest absolute Gasteiger partial charge is 0.0467 e. The monoisotopic (exact) mass is 255 g/mol. The highest BCUT2D eigenvalue weighted by atomic mass is 32.1. The number of methoxy groups -OCH3 is 1. The Hall–Kier alpha value is -0.380. The van der Waals surface area contributed by atoms with Crippen LogP contribution in [0.25, 0.3) is 0 Å². The molecule has 1 aromatic rings. The van der Waals surface area contributed by atoms with Crippen molar-refractivity contribution in [2.24, 2.45) is 5.41 Å². The third kappa shape index (κ3) is 5.19. The van der Waals surface area contributed by atoms with E-state index < -0.39 is 0 Å². The number of hydrogen-bond donors (Lipinski definition) is 1. The molecule has 0 bridgehead atoms. The fraction of sp³-hybridized carbons (Fsp3) is 0.714. The quantitative estimate of drug-likeness (QED) is 0.762. The van der Waals surface area contributed by atoms with Crippen LogP contribution in [0.2, 0.25) is 0 Å². The summed E-state index contributed by atoms with van der Waals surface area (Å²) < 4.78 is 5.16. The van der Waals surface area contributed by atoms with Crippen molar-refractivity contribution in [1.29, 1.82) is 0 Å². The molecule has 0 saturated heterocycles. The van der Waals surface area contributed by atoms with Crippen molar-refractivity contribution in [3.8, 4) is 0 Å². The van der Waals surface area contributed by atoms with Crippen molar-refractivity contribution >= 4 is 11.3 Å². The molecule has 0 aliphatic heterocycles. The summed E-state index contributed by atoms with van der Waals surface area (Å²) in [6, 6.07) is 4.84. The van der Waals surface area contributed by atoms with Gasteiger partial charge in [-0.3, -0.25) is 0 Å². The van der Waals surface area contributed by atoms with Gasteiger partial charge in [-0.15, -0.1) is 11.3 Å². The van der Waals surface area contributed by atoms with E-state index >= 15 is 0 Å². The summed E-state index contributed by atoms with van der Waals surface area (Å²) in [7, 11) is 1.77. The highest BCUT2D eigenvalue weighted by molar-refractivity contribution is 7.10. The molecule has 17 heavy (non-hydrogen) atoms. The van der Waals surface area contributed by atoms with Gasteiger partial charge in [0.15, 0.2) is 0 Å². The first-order chi connectivity index (χ1) is 8.09. The minimum atomic E-state index is 0.292. The van der Waals surface area contributed by atoms with E-state index in [9.17, 15) is 0 Å². The lowest BCUT2D eigenvalue weighted by Gasteiger charge is -2.27. The fourth-order valence-corrected chi connectivity index (χ4v) is 2.69. The van der Waals surface area contributed by atoms with Crippen LogP contribution in [0.5, 0.6) is 0 Å². The molecule has 98 valence electrons. The van der Waals surface area contributed by atoms with Crippen LogP contribution in [0.3, 0.4) is 0 Å². The first-order valence-electron chi connectivity index (χ1n) is 6.35. The Morgan fingerprint density at radius 2 is 2.24 bits per heavy atom. The van der Waals surface area contributed by atoms with Gasteiger partial charge < -0.3 is 10.1 Å². The molecule has 3 heteroatoms. The van der Waals surface area contributed by atoms with Gasteiger partial charge >= 0.3 is 0 Å². The minimum absolute atomic E-state index is 0.292. The normalized spacial score (nSPS) is 13.9. The molecule has 1 unspecified atom stereocenters. The summed E-state index contributed by atoms with van der Waals surface area (Å²) in [5.41, 5.74) is 0.292. The molecule has 2 nitrogen and oxygen atoms in total. The van der Waals surface area contributed by atoms with E-state index in [2.05, 4.69) is 43.6 Å². The summed E-state index contributed by atoms with van der Waals surface area (Å²) in [4.78, 5) is 1.44. The summed E-state index contributed by atoms with van der Waals surface area (Å²) in [5, 5.41) is 5.82. The molecule has 1 heterocycles. The molecule has 0 aliphatic carbocycles. The average Bonchev–Trinajstić information content (AvgIpc) is 2.81. The van der Waals surface area contributed by atoms with Gasteiger partial charge in [0.1, 0.15) is 0 Å². The van der Waals surface area contributed by atoms with Gasteiger partial charge in [0, 0.05) is 31.2 Å². The van der Waals surface area contributed by atoms with E-state index in [1.165, 1.54) is 4.88 Å². The van der Waals surface area contributed by atoms with Gasteiger partial charge in [0.05, 0.1) is 0 Å². The van der Waals surface area contributed by atoms with Crippen molar-refractivity contribution in [1.82, 2.24) is 5.32 Å². The Morgan fingerprint density at radius 1 is 1.47 bits per heavy atom. The standard InChI is InChI=1S/C14H25NOS/c1-5-12(13-7-6-10-17-13)15-11-14(2,3)8-9-16-4/h6-7,10,12,15H,5,8-9,11H2,1-4H3. The van der Waals surface area contributed by atoms with Gasteiger partial charge in [-0.2, -0.15) is 0 Å². The second-order valence-electron chi connectivity index (χ2n) is 5.26. The largest absolute Gasteiger partial charge is 0.385 e. The molecule has 0 aromatic carbocycles. The summed E-state index contributed by atoms with van der Waals surface area (Å²) >= 11 is 1.84. The van der Waals surface area contributed by atoms with Crippen molar-refractivity contribution < 1.29 is 4.74 Å². The Bertz CT molecular complexity index is 295. The highest BCUT2D eigenvalue weighted by Crippen LogP contribution is 2.25. The first-order valence-corrected chi connectivity index (χ1v) is 7.23. The molecule has 0 aliphatic rings. The molecule has 0 spiro atoms. The Labute approximate surface area is 109 Å². The van der Waals surface area contributed by atoms with E-state index in [1.807, 2.05) is 11.3 Å². The Kier molecular flexibility index (Phi) is 6.17. The molecular formula is C14H25NOS. The number of hydrogen-bond acceptors (Lipinski definition) is 3. The van der Waals surface area contributed by atoms with Crippen LogP contribution in [0.15, 0.2) is 17.5 Å². The van der Waals surface area contributed by atoms with Crippen molar-refractivity contribution in [2.45, 2.75) is 39.7 Å². The number of rotatable bonds is 8. The van der Waals surface area contributed by atoms with Crippen LogP contribution in [0, 0.1) is 5.41 Å². The predicted octanol–water partition coefficient (Wildman–Crippen LogP) is 3.85. The Balaban J connectivity index is 2.42. The third-order valence-corrected chi connectivity index (χ3v) is 4.09. The molecule has 1 atom stereocenters. The maximum absolute atomic E-state index is 5.16. The van der Waals surface area contributed by atoms with Gasteiger partial charge in [-0.05, 0) is 29.7 Å². The second-order valence-corrected chi connectivity index (χ2v) is 6.24. The molecule has 0 amide bonds. The molecule has 1 aromatic heterocycles. The van der Waals surface area contributed by atoms with E-state index in [4.69, 9.17) is 4.74 Å². The van der Waals surface area contributed by atoms with E-state index in [-0.39, 0.29) is 0 Å². The molecule has 1 rings (SSSR count). The fourth-order valence-electron chi connectivity index (χ4n) is 1.80. The maximum Gasteiger partial charge on any atom is 0.0467 e. The molecular weight excluding hydrogens is 230 g/mol. The van der Waals surface area contributed by atoms with Gasteiger partial charge in [0.25, 0.3) is 0 Å². The highest BCUT2D eigenvalue weighted by Gasteiger charge is 2.19. The van der Waals surface area contributed by atoms with Crippen LogP contribution in [-0.2, 0) is 4.74 Å². The van der Waals surface area contributed by atoms with E-state index in [1.54, 1.807) is 7.11 Å². The summed E-state index contributed by atoms with van der Waals surface area (Å²) in [5.74, 6) is 0. The third-order valence-electron chi connectivity index (χ3n) is 3.10. The van der Waals surface area contributed by atoms with Gasteiger partial charge in [-0.25, -0.2) is 0 Å². The lowest BCUT2D eigenvalue weighted by Crippen LogP contribution is -2.32. The van der Waals surface area contributed by atoms with Crippen molar-refractivity contribution in [3.63, 3.8) is 0 Å². The zero-order valence-corrected chi connectivity index (χ0v) is 12.3. The zero-order chi connectivity index (χ0) is 12.7. The summed E-state index contributed by atoms with van der Waals surface area (Å²) in [6.07, 6.45) is 2.23. The topological polar surface area (TPSA) is 21.3 Å². The second kappa shape index (κ2) is 7.14. The molecule has 0 fully saturated rings. The SMILES string of the molecule is CCC(NCC(C)(C)CCOC)c1cccs1. The molecule has 1 N–H and O–H groups in total. The molecule has 0 saturated carbocycles. The summed E-state index contributed by atoms with van der Waals surface area (Å²) in [6.45, 7) is 8.69. The van der Waals surface area contributed by atoms with Gasteiger partial charge in [-0.1, -0.05) is 26.8 Å². The number of thiophene rings is 1. The maximum atomic E-state index is 5.16. The zero-order valence-electron chi connectivity index (χ0n) is 11.5. The predicted molar refractivity (Wildman–Crippen MR) is 75.6 cm³/mol. The van der Waals surface area contributed by atoms with Crippen LogP contribution < -0.4 is 5.32 Å². The number of nitrogens with one attached hydrogen (secondary N) is 1. The van der Waals surface area contributed by atoms with Crippen LogP contribution in [-0.4, -0.2) is 20.3 Å². The van der Waals surface area contributed by atoms with E-state index in [0.717, 1.165) is 26.0 Å². The van der Waals surface area contributed by atoms with Gasteiger partial charge in [0.2, 0.25) is 0 Å². The van der Waals surface area contributed by atoms with Crippen molar-refractivity contribution in [3.05, 3.63) is 22.4 Å². The minimum Gasteiger partial charge on any atom is -0.385 e.